The molecule has 13 heavy (non-hydrogen) atoms. The van der Waals surface area contributed by atoms with E-state index in [1.165, 1.54) is 6.92 Å². The summed E-state index contributed by atoms with van der Waals surface area (Å²) < 4.78 is 29.8. The van der Waals surface area contributed by atoms with Crippen molar-refractivity contribution in [3.8, 4) is 0 Å². The Bertz CT molecular complexity index is 489. The van der Waals surface area contributed by atoms with Gasteiger partial charge in [0.1, 0.15) is 5.82 Å². The molecule has 0 aliphatic carbocycles. The molecule has 8 heteroatoms. The third-order valence-electron chi connectivity index (χ3n) is 1.28. The average Bonchev–Trinajstić information content (AvgIpc) is 1.78. The number of nitrogen functional groups attached to an aromatic ring is 1. The summed E-state index contributed by atoms with van der Waals surface area (Å²) in [7, 11) is -4.61. The molecule has 0 atom stereocenters. The van der Waals surface area contributed by atoms with Gasteiger partial charge in [0.2, 0.25) is 4.90 Å². The zero-order valence-electron chi connectivity index (χ0n) is 6.60. The molecule has 1 heterocycles. The maximum absolute atomic E-state index is 11.0. The Balaban J connectivity index is 3.67. The van der Waals surface area contributed by atoms with Gasteiger partial charge in [0, 0.05) is 0 Å². The predicted octanol–water partition coefficient (Wildman–Crippen LogP) is -1.09. The third-order valence-corrected chi connectivity index (χ3v) is 2.19. The lowest BCUT2D eigenvalue weighted by molar-refractivity contribution is 0.482. The van der Waals surface area contributed by atoms with Gasteiger partial charge in [0.05, 0.1) is 0 Å². The number of rotatable bonds is 1. The van der Waals surface area contributed by atoms with E-state index < -0.39 is 26.4 Å². The summed E-state index contributed by atoms with van der Waals surface area (Å²) in [6.07, 6.45) is 0. The fraction of sp³-hybridized carbons (Fsp3) is 0.200. The van der Waals surface area contributed by atoms with Crippen LogP contribution in [-0.4, -0.2) is 22.9 Å². The topological polar surface area (TPSA) is 126 Å². The highest BCUT2D eigenvalue weighted by molar-refractivity contribution is 7.86. The number of nitrogens with two attached hydrogens (primary N) is 1. The van der Waals surface area contributed by atoms with Crippen molar-refractivity contribution in [3.05, 3.63) is 16.2 Å². The van der Waals surface area contributed by atoms with Gasteiger partial charge < -0.3 is 10.7 Å². The Morgan fingerprint density at radius 2 is 2.08 bits per heavy atom. The fourth-order valence-corrected chi connectivity index (χ4v) is 1.44. The lowest BCUT2D eigenvalue weighted by Gasteiger charge is -2.00. The quantitative estimate of drug-likeness (QED) is 0.500. The van der Waals surface area contributed by atoms with Crippen LogP contribution >= 0.6 is 0 Å². The van der Waals surface area contributed by atoms with Crippen LogP contribution in [0.15, 0.2) is 9.69 Å². The van der Waals surface area contributed by atoms with Crippen LogP contribution in [0.1, 0.15) is 5.82 Å². The number of aromatic nitrogens is 2. The SMILES string of the molecule is Cc1nc(N)c(S(=O)(=O)O)c(=O)[nH]1. The number of aromatic amines is 1. The molecule has 0 saturated carbocycles. The molecule has 0 aliphatic heterocycles. The minimum atomic E-state index is -4.61. The van der Waals surface area contributed by atoms with E-state index in [0.29, 0.717) is 0 Å². The lowest BCUT2D eigenvalue weighted by Crippen LogP contribution is -2.21. The predicted molar refractivity (Wildman–Crippen MR) is 43.8 cm³/mol. The molecule has 1 rings (SSSR count). The van der Waals surface area contributed by atoms with Gasteiger partial charge >= 0.3 is 10.1 Å². The highest BCUT2D eigenvalue weighted by Crippen LogP contribution is 2.08. The molecule has 0 amide bonds. The Labute approximate surface area is 73.4 Å². The van der Waals surface area contributed by atoms with Crippen molar-refractivity contribution in [2.24, 2.45) is 0 Å². The van der Waals surface area contributed by atoms with Gasteiger partial charge in [-0.2, -0.15) is 8.42 Å². The maximum atomic E-state index is 11.0. The average molecular weight is 205 g/mol. The van der Waals surface area contributed by atoms with Gasteiger partial charge in [-0.3, -0.25) is 9.35 Å². The van der Waals surface area contributed by atoms with E-state index in [9.17, 15) is 13.2 Å². The number of anilines is 1. The molecule has 0 bridgehead atoms. The maximum Gasteiger partial charge on any atom is 0.303 e. The summed E-state index contributed by atoms with van der Waals surface area (Å²) in [6.45, 7) is 1.44. The molecule has 0 saturated heterocycles. The largest absolute Gasteiger partial charge is 0.382 e. The number of hydrogen-bond acceptors (Lipinski definition) is 5. The molecular weight excluding hydrogens is 198 g/mol. The smallest absolute Gasteiger partial charge is 0.303 e. The third kappa shape index (κ3) is 1.84. The number of hydrogen-bond donors (Lipinski definition) is 3. The molecule has 0 fully saturated rings. The van der Waals surface area contributed by atoms with Gasteiger partial charge in [-0.05, 0) is 6.92 Å². The summed E-state index contributed by atoms with van der Waals surface area (Å²) in [4.78, 5) is 15.7. The highest BCUT2D eigenvalue weighted by Gasteiger charge is 2.20. The lowest BCUT2D eigenvalue weighted by atomic mass is 10.5. The second-order valence-corrected chi connectivity index (χ2v) is 3.70. The van der Waals surface area contributed by atoms with Gasteiger partial charge in [-0.15, -0.1) is 0 Å². The van der Waals surface area contributed by atoms with E-state index in [0.717, 1.165) is 0 Å². The Morgan fingerprint density at radius 1 is 1.54 bits per heavy atom. The van der Waals surface area contributed by atoms with Crippen molar-refractivity contribution >= 4 is 15.9 Å². The minimum absolute atomic E-state index is 0.176. The van der Waals surface area contributed by atoms with Crippen LogP contribution in [0.2, 0.25) is 0 Å². The normalized spacial score (nSPS) is 11.5. The summed E-state index contributed by atoms with van der Waals surface area (Å²) in [5.74, 6) is -0.335. The molecule has 0 unspecified atom stereocenters. The first-order valence-corrected chi connectivity index (χ1v) is 4.60. The van der Waals surface area contributed by atoms with Crippen LogP contribution in [0.4, 0.5) is 5.82 Å². The van der Waals surface area contributed by atoms with E-state index in [1.807, 2.05) is 0 Å². The molecule has 0 spiro atoms. The van der Waals surface area contributed by atoms with E-state index in [1.54, 1.807) is 0 Å². The number of nitrogens with one attached hydrogen (secondary N) is 1. The van der Waals surface area contributed by atoms with Gasteiger partial charge in [-0.1, -0.05) is 0 Å². The molecule has 0 aromatic carbocycles. The van der Waals surface area contributed by atoms with Crippen molar-refractivity contribution in [2.75, 3.05) is 5.73 Å². The second kappa shape index (κ2) is 2.82. The minimum Gasteiger partial charge on any atom is -0.382 e. The van der Waals surface area contributed by atoms with Gasteiger partial charge in [-0.25, -0.2) is 4.98 Å². The standard InChI is InChI=1S/C5H7N3O4S/c1-2-7-4(6)3(5(9)8-2)13(10,11)12/h1H3,(H,10,11,12)(H3,6,7,8,9). The second-order valence-electron chi connectivity index (χ2n) is 2.34. The molecule has 1 aromatic rings. The van der Waals surface area contributed by atoms with Crippen molar-refractivity contribution in [3.63, 3.8) is 0 Å². The van der Waals surface area contributed by atoms with Crippen LogP contribution in [0.3, 0.4) is 0 Å². The molecule has 0 aliphatic rings. The van der Waals surface area contributed by atoms with Crippen molar-refractivity contribution in [1.29, 1.82) is 0 Å². The van der Waals surface area contributed by atoms with Crippen LogP contribution in [0.5, 0.6) is 0 Å². The number of nitrogens with zero attached hydrogens (tertiary/aromatic N) is 1. The van der Waals surface area contributed by atoms with Crippen molar-refractivity contribution in [2.45, 2.75) is 11.8 Å². The monoisotopic (exact) mass is 205 g/mol. The summed E-state index contributed by atoms with van der Waals surface area (Å²) >= 11 is 0. The van der Waals surface area contributed by atoms with Gasteiger partial charge in [0.25, 0.3) is 5.56 Å². The number of aryl methyl sites for hydroxylation is 1. The van der Waals surface area contributed by atoms with Crippen molar-refractivity contribution in [1.82, 2.24) is 9.97 Å². The first-order valence-electron chi connectivity index (χ1n) is 3.16. The highest BCUT2D eigenvalue weighted by atomic mass is 32.2. The van der Waals surface area contributed by atoms with Crippen LogP contribution in [0, 0.1) is 6.92 Å². The van der Waals surface area contributed by atoms with Gasteiger partial charge in [0.15, 0.2) is 5.82 Å². The summed E-state index contributed by atoms with van der Waals surface area (Å²) in [5, 5.41) is 0. The van der Waals surface area contributed by atoms with Crippen LogP contribution in [0.25, 0.3) is 0 Å². The van der Waals surface area contributed by atoms with Crippen LogP contribution < -0.4 is 11.3 Å². The zero-order valence-corrected chi connectivity index (χ0v) is 7.42. The van der Waals surface area contributed by atoms with Crippen molar-refractivity contribution < 1.29 is 13.0 Å². The Morgan fingerprint density at radius 3 is 2.46 bits per heavy atom. The van der Waals surface area contributed by atoms with E-state index in [-0.39, 0.29) is 5.82 Å². The summed E-state index contributed by atoms with van der Waals surface area (Å²) in [6, 6.07) is 0. The molecular formula is C5H7N3O4S. The summed E-state index contributed by atoms with van der Waals surface area (Å²) in [5.41, 5.74) is 4.16. The molecule has 1 aromatic heterocycles. The molecule has 7 nitrogen and oxygen atoms in total. The van der Waals surface area contributed by atoms with Crippen LogP contribution in [-0.2, 0) is 10.1 Å². The fourth-order valence-electron chi connectivity index (χ4n) is 0.846. The van der Waals surface area contributed by atoms with E-state index in [4.69, 9.17) is 10.3 Å². The first kappa shape index (κ1) is 9.68. The molecule has 0 radical (unpaired) electrons. The molecule has 4 N–H and O–H groups in total. The van der Waals surface area contributed by atoms with E-state index in [2.05, 4.69) is 9.97 Å². The first-order chi connectivity index (χ1) is 5.82. The number of H-pyrrole nitrogens is 1. The molecule has 72 valence electrons. The Kier molecular flexibility index (Phi) is 2.10. The zero-order chi connectivity index (χ0) is 10.2. The van der Waals surface area contributed by atoms with E-state index >= 15 is 0 Å². The Hall–Kier alpha value is -1.41.